The fourth-order valence-corrected chi connectivity index (χ4v) is 2.70. The molecule has 1 aromatic heterocycles. The molecule has 0 fully saturated rings. The van der Waals surface area contributed by atoms with Gasteiger partial charge in [-0.2, -0.15) is 5.10 Å². The van der Waals surface area contributed by atoms with Gasteiger partial charge in [0.25, 0.3) is 0 Å². The van der Waals surface area contributed by atoms with Crippen LogP contribution in [0, 0.1) is 0 Å². The zero-order chi connectivity index (χ0) is 16.9. The van der Waals surface area contributed by atoms with E-state index >= 15 is 0 Å². The Balaban J connectivity index is 1.67. The number of benzene rings is 2. The topological polar surface area (TPSA) is 63.8 Å². The minimum atomic E-state index is -0.396. The third kappa shape index (κ3) is 3.65. The molecule has 2 aromatic carbocycles. The third-order valence-corrected chi connectivity index (χ3v) is 3.90. The zero-order valence-corrected chi connectivity index (χ0v) is 14.5. The lowest BCUT2D eigenvalue weighted by atomic mass is 10.2. The number of hydrogen-bond acceptors (Lipinski definition) is 4. The highest BCUT2D eigenvalue weighted by molar-refractivity contribution is 9.10. The summed E-state index contributed by atoms with van der Waals surface area (Å²) >= 11 is 3.44. The van der Waals surface area contributed by atoms with Gasteiger partial charge in [0, 0.05) is 5.39 Å². The van der Waals surface area contributed by atoms with Crippen LogP contribution in [0.1, 0.15) is 23.0 Å². The predicted octanol–water partition coefficient (Wildman–Crippen LogP) is 4.36. The van der Waals surface area contributed by atoms with E-state index in [-0.39, 0.29) is 5.76 Å². The third-order valence-electron chi connectivity index (χ3n) is 3.28. The van der Waals surface area contributed by atoms with Gasteiger partial charge >= 0.3 is 5.91 Å². The number of ether oxygens (including phenoxy) is 1. The van der Waals surface area contributed by atoms with Crippen molar-refractivity contribution in [2.24, 2.45) is 5.10 Å². The number of carbonyl (C=O) groups excluding carboxylic acids is 1. The second-order valence-electron chi connectivity index (χ2n) is 4.97. The van der Waals surface area contributed by atoms with Gasteiger partial charge in [0.2, 0.25) is 0 Å². The number of fused-ring (bicyclic) bond motifs is 1. The van der Waals surface area contributed by atoms with E-state index in [0.717, 1.165) is 21.2 Å². The molecule has 0 aliphatic rings. The SMILES string of the molecule is CCOc1ccc(/C=N/NC(=O)c2cc3ccccc3o2)cc1Br. The van der Waals surface area contributed by atoms with Crippen molar-refractivity contribution in [3.05, 3.63) is 64.3 Å². The van der Waals surface area contributed by atoms with E-state index in [1.807, 2.05) is 49.4 Å². The van der Waals surface area contributed by atoms with Crippen LogP contribution in [0.5, 0.6) is 5.75 Å². The molecular formula is C18H15BrN2O3. The average Bonchev–Trinajstić information content (AvgIpc) is 3.01. The lowest BCUT2D eigenvalue weighted by molar-refractivity contribution is 0.0929. The second-order valence-corrected chi connectivity index (χ2v) is 5.82. The molecular weight excluding hydrogens is 372 g/mol. The molecule has 0 unspecified atom stereocenters. The quantitative estimate of drug-likeness (QED) is 0.523. The van der Waals surface area contributed by atoms with Crippen LogP contribution in [-0.4, -0.2) is 18.7 Å². The Hall–Kier alpha value is -2.60. The second kappa shape index (κ2) is 7.31. The van der Waals surface area contributed by atoms with Crippen molar-refractivity contribution < 1.29 is 13.9 Å². The predicted molar refractivity (Wildman–Crippen MR) is 96.6 cm³/mol. The minimum absolute atomic E-state index is 0.223. The van der Waals surface area contributed by atoms with Crippen molar-refractivity contribution in [1.29, 1.82) is 0 Å². The van der Waals surface area contributed by atoms with Crippen LogP contribution < -0.4 is 10.2 Å². The van der Waals surface area contributed by atoms with E-state index in [1.54, 1.807) is 12.3 Å². The number of carbonyl (C=O) groups is 1. The van der Waals surface area contributed by atoms with Gasteiger partial charge in [-0.3, -0.25) is 4.79 Å². The normalized spacial score (nSPS) is 11.1. The first-order chi connectivity index (χ1) is 11.7. The Kier molecular flexibility index (Phi) is 4.96. The van der Waals surface area contributed by atoms with Crippen LogP contribution in [0.2, 0.25) is 0 Å². The fraction of sp³-hybridized carbons (Fsp3) is 0.111. The Labute approximate surface area is 147 Å². The van der Waals surface area contributed by atoms with Gasteiger partial charge in [-0.1, -0.05) is 18.2 Å². The van der Waals surface area contributed by atoms with Crippen molar-refractivity contribution in [3.63, 3.8) is 0 Å². The average molecular weight is 387 g/mol. The van der Waals surface area contributed by atoms with Gasteiger partial charge in [0.05, 0.1) is 17.3 Å². The first-order valence-electron chi connectivity index (χ1n) is 7.41. The van der Waals surface area contributed by atoms with Crippen molar-refractivity contribution in [3.8, 4) is 5.75 Å². The van der Waals surface area contributed by atoms with Gasteiger partial charge in [-0.15, -0.1) is 0 Å². The molecule has 122 valence electrons. The summed E-state index contributed by atoms with van der Waals surface area (Å²) in [5, 5.41) is 4.84. The van der Waals surface area contributed by atoms with Gasteiger partial charge < -0.3 is 9.15 Å². The van der Waals surface area contributed by atoms with E-state index in [0.29, 0.717) is 12.2 Å². The van der Waals surface area contributed by atoms with Crippen LogP contribution in [0.3, 0.4) is 0 Å². The lowest BCUT2D eigenvalue weighted by Crippen LogP contribution is -2.16. The number of rotatable bonds is 5. The standard InChI is InChI=1S/C18H15BrN2O3/c1-2-23-16-8-7-12(9-14(16)19)11-20-21-18(22)17-10-13-5-3-4-6-15(13)24-17/h3-11H,2H2,1H3,(H,21,22)/b20-11+. The van der Waals surface area contributed by atoms with E-state index in [9.17, 15) is 4.79 Å². The molecule has 0 radical (unpaired) electrons. The zero-order valence-electron chi connectivity index (χ0n) is 13.0. The molecule has 6 heteroatoms. The smallest absolute Gasteiger partial charge is 0.307 e. The largest absolute Gasteiger partial charge is 0.493 e. The Morgan fingerprint density at radius 1 is 1.29 bits per heavy atom. The van der Waals surface area contributed by atoms with Gasteiger partial charge in [-0.05, 0) is 58.7 Å². The summed E-state index contributed by atoms with van der Waals surface area (Å²) in [7, 11) is 0. The maximum Gasteiger partial charge on any atom is 0.307 e. The number of para-hydroxylation sites is 1. The molecule has 0 saturated heterocycles. The minimum Gasteiger partial charge on any atom is -0.493 e. The Morgan fingerprint density at radius 3 is 2.88 bits per heavy atom. The highest BCUT2D eigenvalue weighted by atomic mass is 79.9. The summed E-state index contributed by atoms with van der Waals surface area (Å²) in [4.78, 5) is 12.1. The summed E-state index contributed by atoms with van der Waals surface area (Å²) in [5.74, 6) is 0.592. The van der Waals surface area contributed by atoms with Gasteiger partial charge in [0.15, 0.2) is 5.76 Å². The van der Waals surface area contributed by atoms with Crippen LogP contribution in [0.25, 0.3) is 11.0 Å². The number of amides is 1. The molecule has 0 bridgehead atoms. The van der Waals surface area contributed by atoms with Crippen LogP contribution in [-0.2, 0) is 0 Å². The van der Waals surface area contributed by atoms with E-state index < -0.39 is 5.91 Å². The Morgan fingerprint density at radius 2 is 2.12 bits per heavy atom. The summed E-state index contributed by atoms with van der Waals surface area (Å²) < 4.78 is 11.8. The van der Waals surface area contributed by atoms with Crippen molar-refractivity contribution in [1.82, 2.24) is 5.43 Å². The maximum absolute atomic E-state index is 12.1. The molecule has 0 spiro atoms. The van der Waals surface area contributed by atoms with Gasteiger partial charge in [0.1, 0.15) is 11.3 Å². The van der Waals surface area contributed by atoms with Gasteiger partial charge in [-0.25, -0.2) is 5.43 Å². The van der Waals surface area contributed by atoms with Crippen molar-refractivity contribution in [2.45, 2.75) is 6.92 Å². The highest BCUT2D eigenvalue weighted by Gasteiger charge is 2.10. The fourth-order valence-electron chi connectivity index (χ4n) is 2.18. The number of hydrazone groups is 1. The molecule has 0 saturated carbocycles. The molecule has 3 aromatic rings. The molecule has 1 N–H and O–H groups in total. The number of nitrogens with one attached hydrogen (secondary N) is 1. The highest BCUT2D eigenvalue weighted by Crippen LogP contribution is 2.25. The molecule has 5 nitrogen and oxygen atoms in total. The number of halogens is 1. The summed E-state index contributed by atoms with van der Waals surface area (Å²) in [6.07, 6.45) is 1.56. The number of nitrogens with zero attached hydrogens (tertiary/aromatic N) is 1. The number of furan rings is 1. The molecule has 0 aliphatic heterocycles. The summed E-state index contributed by atoms with van der Waals surface area (Å²) in [6, 6.07) is 14.7. The summed E-state index contributed by atoms with van der Waals surface area (Å²) in [6.45, 7) is 2.52. The van der Waals surface area contributed by atoms with E-state index in [2.05, 4.69) is 26.5 Å². The maximum atomic E-state index is 12.1. The van der Waals surface area contributed by atoms with Crippen molar-refractivity contribution >= 4 is 39.0 Å². The first kappa shape index (κ1) is 16.3. The van der Waals surface area contributed by atoms with Crippen LogP contribution >= 0.6 is 15.9 Å². The molecule has 24 heavy (non-hydrogen) atoms. The number of hydrogen-bond donors (Lipinski definition) is 1. The van der Waals surface area contributed by atoms with E-state index in [4.69, 9.17) is 9.15 Å². The molecule has 3 rings (SSSR count). The molecule has 1 heterocycles. The molecule has 0 atom stereocenters. The first-order valence-corrected chi connectivity index (χ1v) is 8.21. The Bertz CT molecular complexity index is 869. The monoisotopic (exact) mass is 386 g/mol. The van der Waals surface area contributed by atoms with E-state index in [1.165, 1.54) is 0 Å². The van der Waals surface area contributed by atoms with Crippen LogP contribution in [0.4, 0.5) is 0 Å². The van der Waals surface area contributed by atoms with Crippen molar-refractivity contribution in [2.75, 3.05) is 6.61 Å². The lowest BCUT2D eigenvalue weighted by Gasteiger charge is -2.05. The summed E-state index contributed by atoms with van der Waals surface area (Å²) in [5.41, 5.74) is 3.96. The van der Waals surface area contributed by atoms with Crippen LogP contribution in [0.15, 0.2) is 62.5 Å². The molecule has 1 amide bonds. The molecule has 0 aliphatic carbocycles.